The fourth-order valence-corrected chi connectivity index (χ4v) is 4.28. The van der Waals surface area contributed by atoms with Crippen molar-refractivity contribution in [3.63, 3.8) is 0 Å². The van der Waals surface area contributed by atoms with Gasteiger partial charge in [0.1, 0.15) is 5.75 Å². The second-order valence-corrected chi connectivity index (χ2v) is 8.06. The third-order valence-electron chi connectivity index (χ3n) is 4.59. The van der Waals surface area contributed by atoms with E-state index in [1.54, 1.807) is 4.90 Å². The highest BCUT2D eigenvalue weighted by Gasteiger charge is 2.33. The van der Waals surface area contributed by atoms with Crippen molar-refractivity contribution in [1.29, 1.82) is 0 Å². The molecule has 7 heteroatoms. The molecule has 1 N–H and O–H groups in total. The summed E-state index contributed by atoms with van der Waals surface area (Å²) in [6, 6.07) is 9.45. The lowest BCUT2D eigenvalue weighted by atomic mass is 10.2. The second kappa shape index (κ2) is 9.91. The van der Waals surface area contributed by atoms with Crippen molar-refractivity contribution in [1.82, 2.24) is 9.88 Å². The van der Waals surface area contributed by atoms with Gasteiger partial charge in [-0.05, 0) is 61.5 Å². The van der Waals surface area contributed by atoms with Gasteiger partial charge in [-0.15, -0.1) is 0 Å². The predicted octanol–water partition coefficient (Wildman–Crippen LogP) is 4.53. The molecule has 1 amide bonds. The standard InChI is InChI=1S/C21H25N3O2S2/c1-3-23(4-2)12-5-13-26-18-8-6-17(7-9-18)24-20(25)19(28-21(24)27)14-16-10-11-22-15-16/h6-11,14-15,22H,3-5,12-13H2,1-2H3/b19-14-. The molecule has 0 aliphatic carbocycles. The first kappa shape index (κ1) is 20.6. The van der Waals surface area contributed by atoms with Crippen LogP contribution in [0, 0.1) is 0 Å². The van der Waals surface area contributed by atoms with Gasteiger partial charge in [-0.1, -0.05) is 37.8 Å². The van der Waals surface area contributed by atoms with Crippen molar-refractivity contribution >= 4 is 46.0 Å². The Kier molecular flexibility index (Phi) is 7.30. The van der Waals surface area contributed by atoms with Crippen LogP contribution in [0.2, 0.25) is 0 Å². The molecular formula is C21H25N3O2S2. The van der Waals surface area contributed by atoms with E-state index in [0.717, 1.165) is 43.1 Å². The third kappa shape index (κ3) is 5.04. The highest BCUT2D eigenvalue weighted by molar-refractivity contribution is 8.27. The fourth-order valence-electron chi connectivity index (χ4n) is 2.98. The molecule has 3 rings (SSSR count). The Balaban J connectivity index is 1.58. The number of carbonyl (C=O) groups excluding carboxylic acids is 1. The van der Waals surface area contributed by atoms with Gasteiger partial charge >= 0.3 is 0 Å². The summed E-state index contributed by atoms with van der Waals surface area (Å²) in [6.45, 7) is 8.18. The van der Waals surface area contributed by atoms with Gasteiger partial charge in [0.2, 0.25) is 0 Å². The van der Waals surface area contributed by atoms with Crippen molar-refractivity contribution in [3.8, 4) is 5.75 Å². The molecule has 1 fully saturated rings. The van der Waals surface area contributed by atoms with Crippen LogP contribution in [-0.4, -0.2) is 46.4 Å². The summed E-state index contributed by atoms with van der Waals surface area (Å²) < 4.78 is 6.37. The van der Waals surface area contributed by atoms with Crippen LogP contribution in [0.15, 0.2) is 47.6 Å². The third-order valence-corrected chi connectivity index (χ3v) is 5.89. The number of hydrogen-bond acceptors (Lipinski definition) is 5. The molecule has 28 heavy (non-hydrogen) atoms. The minimum atomic E-state index is -0.0934. The first-order valence-electron chi connectivity index (χ1n) is 9.48. The van der Waals surface area contributed by atoms with E-state index in [1.807, 2.05) is 48.8 Å². The maximum atomic E-state index is 12.8. The molecule has 0 spiro atoms. The van der Waals surface area contributed by atoms with Crippen LogP contribution in [0.1, 0.15) is 25.8 Å². The van der Waals surface area contributed by atoms with E-state index in [2.05, 4.69) is 23.7 Å². The number of nitrogens with zero attached hydrogens (tertiary/aromatic N) is 2. The number of benzene rings is 1. The number of hydrogen-bond donors (Lipinski definition) is 1. The number of thioether (sulfide) groups is 1. The van der Waals surface area contributed by atoms with Crippen LogP contribution in [-0.2, 0) is 4.79 Å². The van der Waals surface area contributed by atoms with Crippen molar-refractivity contribution in [2.24, 2.45) is 0 Å². The Morgan fingerprint density at radius 1 is 1.21 bits per heavy atom. The number of thiocarbonyl (C=S) groups is 1. The summed E-state index contributed by atoms with van der Waals surface area (Å²) in [5.41, 5.74) is 1.71. The summed E-state index contributed by atoms with van der Waals surface area (Å²) in [5, 5.41) is 0. The van der Waals surface area contributed by atoms with Crippen LogP contribution in [0.25, 0.3) is 6.08 Å². The Morgan fingerprint density at radius 3 is 2.61 bits per heavy atom. The zero-order valence-corrected chi connectivity index (χ0v) is 17.8. The average Bonchev–Trinajstić information content (AvgIpc) is 3.31. The van der Waals surface area contributed by atoms with E-state index in [9.17, 15) is 4.79 Å². The normalized spacial score (nSPS) is 15.8. The minimum Gasteiger partial charge on any atom is -0.494 e. The van der Waals surface area contributed by atoms with E-state index < -0.39 is 0 Å². The topological polar surface area (TPSA) is 48.6 Å². The van der Waals surface area contributed by atoms with Gasteiger partial charge in [0.15, 0.2) is 4.32 Å². The number of aromatic amines is 1. The number of aromatic nitrogens is 1. The van der Waals surface area contributed by atoms with Crippen molar-refractivity contribution in [2.45, 2.75) is 20.3 Å². The molecule has 0 unspecified atom stereocenters. The molecule has 0 bridgehead atoms. The lowest BCUT2D eigenvalue weighted by Gasteiger charge is -2.18. The Hall–Kier alpha value is -2.09. The van der Waals surface area contributed by atoms with E-state index in [4.69, 9.17) is 17.0 Å². The van der Waals surface area contributed by atoms with Crippen LogP contribution < -0.4 is 9.64 Å². The van der Waals surface area contributed by atoms with Crippen molar-refractivity contribution in [2.75, 3.05) is 31.1 Å². The van der Waals surface area contributed by atoms with Crippen molar-refractivity contribution < 1.29 is 9.53 Å². The summed E-state index contributed by atoms with van der Waals surface area (Å²) in [7, 11) is 0. The van der Waals surface area contributed by atoms with Gasteiger partial charge in [-0.25, -0.2) is 0 Å². The number of rotatable bonds is 9. The monoisotopic (exact) mass is 415 g/mol. The van der Waals surface area contributed by atoms with Crippen molar-refractivity contribution in [3.05, 3.63) is 53.2 Å². The first-order valence-corrected chi connectivity index (χ1v) is 10.7. The molecule has 1 saturated heterocycles. The molecule has 0 saturated carbocycles. The van der Waals surface area contributed by atoms with E-state index in [1.165, 1.54) is 11.8 Å². The molecule has 2 heterocycles. The minimum absolute atomic E-state index is 0.0934. The SMILES string of the molecule is CCN(CC)CCCOc1ccc(N2C(=O)/C(=C/c3cc[nH]c3)SC2=S)cc1. The smallest absolute Gasteiger partial charge is 0.270 e. The zero-order valence-electron chi connectivity index (χ0n) is 16.2. The molecule has 1 aliphatic rings. The van der Waals surface area contributed by atoms with Gasteiger partial charge in [0, 0.05) is 18.9 Å². The molecule has 1 aliphatic heterocycles. The van der Waals surface area contributed by atoms with Crippen LogP contribution >= 0.6 is 24.0 Å². The highest BCUT2D eigenvalue weighted by Crippen LogP contribution is 2.36. The second-order valence-electron chi connectivity index (χ2n) is 6.38. The van der Waals surface area contributed by atoms with Gasteiger partial charge in [-0.2, -0.15) is 0 Å². The maximum Gasteiger partial charge on any atom is 0.270 e. The lowest BCUT2D eigenvalue weighted by molar-refractivity contribution is -0.113. The summed E-state index contributed by atoms with van der Waals surface area (Å²) in [4.78, 5) is 20.3. The maximum absolute atomic E-state index is 12.8. The molecule has 2 aromatic rings. The van der Waals surface area contributed by atoms with E-state index in [0.29, 0.717) is 15.8 Å². The summed E-state index contributed by atoms with van der Waals surface area (Å²) in [5.74, 6) is 0.709. The largest absolute Gasteiger partial charge is 0.494 e. The number of carbonyl (C=O) groups is 1. The molecule has 5 nitrogen and oxygen atoms in total. The summed E-state index contributed by atoms with van der Waals surface area (Å²) in [6.07, 6.45) is 6.51. The van der Waals surface area contributed by atoms with Crippen LogP contribution in [0.3, 0.4) is 0 Å². The van der Waals surface area contributed by atoms with Gasteiger partial charge < -0.3 is 14.6 Å². The molecule has 148 valence electrons. The van der Waals surface area contributed by atoms with Gasteiger partial charge in [-0.3, -0.25) is 9.69 Å². The van der Waals surface area contributed by atoms with Crippen LogP contribution in [0.4, 0.5) is 5.69 Å². The fraction of sp³-hybridized carbons (Fsp3) is 0.333. The predicted molar refractivity (Wildman–Crippen MR) is 121 cm³/mol. The molecule has 0 atom stereocenters. The van der Waals surface area contributed by atoms with E-state index in [-0.39, 0.29) is 5.91 Å². The number of amides is 1. The average molecular weight is 416 g/mol. The van der Waals surface area contributed by atoms with Gasteiger partial charge in [0.05, 0.1) is 17.2 Å². The molecule has 1 aromatic carbocycles. The zero-order chi connectivity index (χ0) is 19.9. The Morgan fingerprint density at radius 2 is 1.96 bits per heavy atom. The molecular weight excluding hydrogens is 390 g/mol. The molecule has 0 radical (unpaired) electrons. The quantitative estimate of drug-likeness (QED) is 0.370. The van der Waals surface area contributed by atoms with Crippen LogP contribution in [0.5, 0.6) is 5.75 Å². The first-order chi connectivity index (χ1) is 13.6. The lowest BCUT2D eigenvalue weighted by Crippen LogP contribution is -2.27. The number of nitrogens with one attached hydrogen (secondary N) is 1. The van der Waals surface area contributed by atoms with Gasteiger partial charge in [0.25, 0.3) is 5.91 Å². The Bertz CT molecular complexity index is 828. The number of anilines is 1. The molecule has 1 aromatic heterocycles. The number of H-pyrrole nitrogens is 1. The summed E-state index contributed by atoms with van der Waals surface area (Å²) >= 11 is 6.74. The Labute approximate surface area is 175 Å². The van der Waals surface area contributed by atoms with E-state index >= 15 is 0 Å². The number of ether oxygens (including phenoxy) is 1. The highest BCUT2D eigenvalue weighted by atomic mass is 32.2.